The van der Waals surface area contributed by atoms with Crippen LogP contribution in [0.4, 0.5) is 0 Å². The van der Waals surface area contributed by atoms with E-state index < -0.39 is 0 Å². The predicted octanol–water partition coefficient (Wildman–Crippen LogP) is 1.99. The lowest BCUT2D eigenvalue weighted by atomic mass is 9.93. The van der Waals surface area contributed by atoms with E-state index in [0.29, 0.717) is 12.2 Å². The Morgan fingerprint density at radius 1 is 1.33 bits per heavy atom. The number of nitrogens with two attached hydrogens (primary N) is 1. The Morgan fingerprint density at radius 2 is 2.19 bits per heavy atom. The quantitative estimate of drug-likeness (QED) is 0.244. The monoisotopic (exact) mass is 288 g/mol. The first-order valence-electron chi connectivity index (χ1n) is 7.03. The van der Waals surface area contributed by atoms with Crippen LogP contribution in [0.25, 0.3) is 0 Å². The number of imidazole rings is 2. The van der Waals surface area contributed by atoms with Gasteiger partial charge in [-0.15, -0.1) is 0 Å². The molecule has 2 heterocycles. The molecule has 21 heavy (non-hydrogen) atoms. The van der Waals surface area contributed by atoms with Gasteiger partial charge < -0.3 is 15.7 Å². The van der Waals surface area contributed by atoms with Gasteiger partial charge in [-0.1, -0.05) is 12.8 Å². The minimum Gasteiger partial charge on any atom is -0.388 e. The van der Waals surface area contributed by atoms with Crippen molar-refractivity contribution in [2.75, 3.05) is 0 Å². The molecule has 0 saturated heterocycles. The van der Waals surface area contributed by atoms with Gasteiger partial charge in [0.1, 0.15) is 0 Å². The third-order valence-electron chi connectivity index (χ3n) is 3.38. The molecule has 0 fully saturated rings. The number of carbonyl (C=O) groups excluding carboxylic acids is 1. The first kappa shape index (κ1) is 15.0. The fraction of sp³-hybridized carbons (Fsp3) is 0.429. The van der Waals surface area contributed by atoms with Gasteiger partial charge in [-0.25, -0.2) is 9.97 Å². The molecular formula is C14H20N6O. The fourth-order valence-corrected chi connectivity index (χ4v) is 2.29. The molecule has 112 valence electrons. The summed E-state index contributed by atoms with van der Waals surface area (Å²) in [5.41, 5.74) is 6.14. The Hall–Kier alpha value is -2.44. The van der Waals surface area contributed by atoms with Gasteiger partial charge in [-0.2, -0.15) is 0 Å². The van der Waals surface area contributed by atoms with Gasteiger partial charge in [0.15, 0.2) is 5.82 Å². The topological polar surface area (TPSA) is 124 Å². The van der Waals surface area contributed by atoms with Crippen molar-refractivity contribution in [1.82, 2.24) is 19.9 Å². The maximum Gasteiger partial charge on any atom is 0.207 e. The molecule has 0 saturated carbocycles. The van der Waals surface area contributed by atoms with Gasteiger partial charge in [0.2, 0.25) is 5.78 Å². The van der Waals surface area contributed by atoms with Crippen molar-refractivity contribution < 1.29 is 4.79 Å². The molecule has 0 spiro atoms. The summed E-state index contributed by atoms with van der Waals surface area (Å²) in [5, 5.41) is 7.19. The maximum absolute atomic E-state index is 12.5. The highest BCUT2D eigenvalue weighted by Crippen LogP contribution is 2.24. The Balaban J connectivity index is 1.94. The molecule has 2 rings (SSSR count). The molecular weight excluding hydrogens is 268 g/mol. The van der Waals surface area contributed by atoms with Crippen molar-refractivity contribution in [2.45, 2.75) is 38.0 Å². The van der Waals surface area contributed by atoms with E-state index in [-0.39, 0.29) is 17.5 Å². The van der Waals surface area contributed by atoms with Gasteiger partial charge in [0.05, 0.1) is 18.1 Å². The number of rotatable bonds is 9. The number of ketones is 1. The van der Waals surface area contributed by atoms with Crippen molar-refractivity contribution >= 4 is 11.6 Å². The summed E-state index contributed by atoms with van der Waals surface area (Å²) in [5.74, 6) is 0.289. The van der Waals surface area contributed by atoms with Crippen LogP contribution in [0.1, 0.15) is 54.3 Å². The molecule has 7 heteroatoms. The number of hydrogen-bond donors (Lipinski definition) is 4. The minimum absolute atomic E-state index is 0.0317. The molecule has 5 N–H and O–H groups in total. The van der Waals surface area contributed by atoms with Gasteiger partial charge in [0, 0.05) is 30.7 Å². The maximum atomic E-state index is 12.5. The average molecular weight is 288 g/mol. The van der Waals surface area contributed by atoms with E-state index in [1.165, 1.54) is 0 Å². The zero-order chi connectivity index (χ0) is 15.1. The zero-order valence-corrected chi connectivity index (χ0v) is 11.8. The molecule has 0 aliphatic carbocycles. The third-order valence-corrected chi connectivity index (χ3v) is 3.38. The number of H-pyrrole nitrogens is 2. The molecule has 1 atom stereocenters. The van der Waals surface area contributed by atoms with E-state index in [4.69, 9.17) is 11.1 Å². The summed E-state index contributed by atoms with van der Waals surface area (Å²) < 4.78 is 0. The lowest BCUT2D eigenvalue weighted by Gasteiger charge is -2.12. The van der Waals surface area contributed by atoms with Gasteiger partial charge in [-0.05, 0) is 12.8 Å². The zero-order valence-electron chi connectivity index (χ0n) is 11.8. The van der Waals surface area contributed by atoms with Crippen molar-refractivity contribution in [3.05, 3.63) is 36.4 Å². The number of aromatic amines is 2. The van der Waals surface area contributed by atoms with E-state index in [0.717, 1.165) is 31.4 Å². The normalized spacial score (nSPS) is 12.2. The summed E-state index contributed by atoms with van der Waals surface area (Å²) in [6, 6.07) is 0. The molecule has 0 aliphatic heterocycles. The molecule has 0 radical (unpaired) electrons. The van der Waals surface area contributed by atoms with Crippen LogP contribution in [0.3, 0.4) is 0 Å². The van der Waals surface area contributed by atoms with Crippen LogP contribution in [-0.2, 0) is 0 Å². The molecule has 0 aromatic carbocycles. The summed E-state index contributed by atoms with van der Waals surface area (Å²) in [6.45, 7) is 0. The number of carbonyl (C=O) groups is 1. The van der Waals surface area contributed by atoms with E-state index in [9.17, 15) is 4.79 Å². The number of aromatic nitrogens is 4. The second kappa shape index (κ2) is 7.37. The van der Waals surface area contributed by atoms with Crippen molar-refractivity contribution in [3.8, 4) is 0 Å². The number of hydrogen-bond acceptors (Lipinski definition) is 4. The summed E-state index contributed by atoms with van der Waals surface area (Å²) >= 11 is 0. The fourth-order valence-electron chi connectivity index (χ4n) is 2.29. The van der Waals surface area contributed by atoms with E-state index in [2.05, 4.69) is 19.9 Å². The Labute approximate surface area is 122 Å². The summed E-state index contributed by atoms with van der Waals surface area (Å²) in [7, 11) is 0. The van der Waals surface area contributed by atoms with Crippen molar-refractivity contribution in [3.63, 3.8) is 0 Å². The van der Waals surface area contributed by atoms with E-state index in [1.54, 1.807) is 24.9 Å². The highest BCUT2D eigenvalue weighted by Gasteiger charge is 2.24. The molecule has 0 bridgehead atoms. The van der Waals surface area contributed by atoms with Crippen LogP contribution in [0.2, 0.25) is 0 Å². The highest BCUT2D eigenvalue weighted by atomic mass is 16.1. The molecule has 2 aromatic rings. The van der Waals surface area contributed by atoms with Gasteiger partial charge in [-0.3, -0.25) is 10.2 Å². The van der Waals surface area contributed by atoms with Crippen LogP contribution >= 0.6 is 0 Å². The number of nitrogens with one attached hydrogen (secondary N) is 3. The number of amidine groups is 1. The third kappa shape index (κ3) is 4.27. The second-order valence-electron chi connectivity index (χ2n) is 4.99. The number of Topliss-reactive ketones (excluding diaryl/α,β-unsaturated/α-hetero) is 1. The lowest BCUT2D eigenvalue weighted by Crippen LogP contribution is -2.15. The largest absolute Gasteiger partial charge is 0.388 e. The summed E-state index contributed by atoms with van der Waals surface area (Å²) in [4.78, 5) is 26.4. The minimum atomic E-state index is -0.268. The van der Waals surface area contributed by atoms with E-state index >= 15 is 0 Å². The number of nitrogens with zero attached hydrogens (tertiary/aromatic N) is 2. The van der Waals surface area contributed by atoms with Crippen LogP contribution in [0.15, 0.2) is 24.9 Å². The Morgan fingerprint density at radius 3 is 2.81 bits per heavy atom. The predicted molar refractivity (Wildman–Crippen MR) is 79.2 cm³/mol. The first-order valence-corrected chi connectivity index (χ1v) is 7.03. The van der Waals surface area contributed by atoms with Crippen molar-refractivity contribution in [1.29, 1.82) is 5.41 Å². The van der Waals surface area contributed by atoms with Gasteiger partial charge in [0.25, 0.3) is 0 Å². The molecule has 0 amide bonds. The summed E-state index contributed by atoms with van der Waals surface area (Å²) in [6.07, 6.45) is 10.5. The smallest absolute Gasteiger partial charge is 0.207 e. The lowest BCUT2D eigenvalue weighted by molar-refractivity contribution is 0.0942. The van der Waals surface area contributed by atoms with Crippen LogP contribution in [0, 0.1) is 5.41 Å². The molecule has 0 aliphatic rings. The SMILES string of the molecule is N=C(N)CCCCCC(C(=O)c1ncc[nH]1)c1cnc[nH]1. The first-order chi connectivity index (χ1) is 10.2. The van der Waals surface area contributed by atoms with Crippen LogP contribution < -0.4 is 5.73 Å². The molecule has 2 aromatic heterocycles. The molecule has 1 unspecified atom stereocenters. The Kier molecular flexibility index (Phi) is 5.25. The average Bonchev–Trinajstić information content (AvgIpc) is 3.13. The molecule has 7 nitrogen and oxygen atoms in total. The van der Waals surface area contributed by atoms with Crippen LogP contribution in [0.5, 0.6) is 0 Å². The number of unbranched alkanes of at least 4 members (excludes halogenated alkanes) is 2. The standard InChI is InChI=1S/C14H20N6O/c15-12(16)5-3-1-2-4-10(11-8-17-9-20-11)13(21)14-18-6-7-19-14/h6-10H,1-5H2,(H3,15,16)(H,17,20)(H,18,19). The second-order valence-corrected chi connectivity index (χ2v) is 4.99. The highest BCUT2D eigenvalue weighted by molar-refractivity contribution is 5.97. The van der Waals surface area contributed by atoms with Crippen LogP contribution in [-0.4, -0.2) is 31.6 Å². The van der Waals surface area contributed by atoms with Gasteiger partial charge >= 0.3 is 0 Å². The van der Waals surface area contributed by atoms with E-state index in [1.807, 2.05) is 0 Å². The Bertz CT molecular complexity index is 560. The van der Waals surface area contributed by atoms with Crippen molar-refractivity contribution in [2.24, 2.45) is 5.73 Å².